The van der Waals surface area contributed by atoms with Gasteiger partial charge < -0.3 is 10.1 Å². The Balaban J connectivity index is 1.45. The average Bonchev–Trinajstić information content (AvgIpc) is 2.96. The second-order valence-electron chi connectivity index (χ2n) is 9.16. The van der Waals surface area contributed by atoms with Gasteiger partial charge in [-0.15, -0.1) is 11.8 Å². The first kappa shape index (κ1) is 28.3. The Morgan fingerprint density at radius 2 is 1.54 bits per heavy atom. The van der Waals surface area contributed by atoms with Crippen LogP contribution in [0.4, 0.5) is 5.69 Å². The topological polar surface area (TPSA) is 75.7 Å². The van der Waals surface area contributed by atoms with Crippen molar-refractivity contribution in [3.63, 3.8) is 0 Å². The van der Waals surface area contributed by atoms with Gasteiger partial charge in [0, 0.05) is 4.90 Å². The van der Waals surface area contributed by atoms with E-state index in [-0.39, 0.29) is 30.0 Å². The van der Waals surface area contributed by atoms with Gasteiger partial charge in [0.15, 0.2) is 6.61 Å². The van der Waals surface area contributed by atoms with Crippen LogP contribution in [0.25, 0.3) is 0 Å². The van der Waals surface area contributed by atoms with Crippen LogP contribution in [0.3, 0.4) is 0 Å². The van der Waals surface area contributed by atoms with Gasteiger partial charge in [0.1, 0.15) is 5.75 Å². The number of nitrogens with one attached hydrogen (secondary N) is 1. The Bertz CT molecular complexity index is 1470. The summed E-state index contributed by atoms with van der Waals surface area (Å²) in [6.07, 6.45) is 2.02. The number of hydrogen-bond donors (Lipinski definition) is 1. The molecule has 0 spiro atoms. The molecule has 0 saturated carbocycles. The Labute approximate surface area is 235 Å². The Hall–Kier alpha value is -3.75. The van der Waals surface area contributed by atoms with Crippen LogP contribution in [0.15, 0.2) is 113 Å². The Morgan fingerprint density at radius 1 is 0.897 bits per heavy atom. The summed E-state index contributed by atoms with van der Waals surface area (Å²) in [5.74, 6) is 0.228. The van der Waals surface area contributed by atoms with Crippen molar-refractivity contribution in [1.82, 2.24) is 5.32 Å². The molecule has 4 aromatic rings. The summed E-state index contributed by atoms with van der Waals surface area (Å²) >= 11 is 1.67. The third-order valence-corrected chi connectivity index (χ3v) is 8.80. The van der Waals surface area contributed by atoms with Crippen molar-refractivity contribution in [2.45, 2.75) is 36.2 Å². The number of hydrogen-bond acceptors (Lipinski definition) is 5. The second-order valence-corrected chi connectivity index (χ2v) is 11.9. The van der Waals surface area contributed by atoms with Crippen LogP contribution in [0.2, 0.25) is 0 Å². The zero-order valence-electron chi connectivity index (χ0n) is 22.2. The monoisotopic (exact) mass is 560 g/mol. The molecule has 0 saturated heterocycles. The molecule has 0 aliphatic rings. The van der Waals surface area contributed by atoms with Crippen molar-refractivity contribution in [3.05, 3.63) is 120 Å². The molecule has 0 aliphatic heterocycles. The maximum atomic E-state index is 13.6. The number of carbonyl (C=O) groups excluding carboxylic acids is 1. The fourth-order valence-electron chi connectivity index (χ4n) is 4.02. The van der Waals surface area contributed by atoms with E-state index in [2.05, 4.69) is 5.32 Å². The van der Waals surface area contributed by atoms with E-state index in [0.29, 0.717) is 11.4 Å². The molecule has 4 rings (SSSR count). The molecule has 1 amide bonds. The van der Waals surface area contributed by atoms with E-state index in [1.165, 1.54) is 4.31 Å². The number of rotatable bonds is 11. The van der Waals surface area contributed by atoms with E-state index in [9.17, 15) is 13.2 Å². The summed E-state index contributed by atoms with van der Waals surface area (Å²) in [4.78, 5) is 13.9. The number of benzene rings is 4. The smallest absolute Gasteiger partial charge is 0.264 e. The van der Waals surface area contributed by atoms with Crippen molar-refractivity contribution >= 4 is 33.4 Å². The molecule has 0 fully saturated rings. The van der Waals surface area contributed by atoms with Crippen molar-refractivity contribution in [1.29, 1.82) is 0 Å². The first-order valence-corrected chi connectivity index (χ1v) is 15.2. The maximum absolute atomic E-state index is 13.6. The lowest BCUT2D eigenvalue weighted by atomic mass is 10.1. The minimum absolute atomic E-state index is 0.151. The predicted octanol–water partition coefficient (Wildman–Crippen LogP) is 6.37. The normalized spacial score (nSPS) is 12.0. The highest BCUT2D eigenvalue weighted by Crippen LogP contribution is 2.28. The number of ether oxygens (including phenoxy) is 1. The number of amides is 1. The number of carbonyl (C=O) groups is 1. The fraction of sp³-hybridized carbons (Fsp3) is 0.194. The fourth-order valence-corrected chi connectivity index (χ4v) is 5.88. The molecule has 8 heteroatoms. The van der Waals surface area contributed by atoms with Crippen LogP contribution in [-0.2, 0) is 21.4 Å². The first-order valence-electron chi connectivity index (χ1n) is 12.6. The Kier molecular flexibility index (Phi) is 9.32. The molecular formula is C31H32N2O4S2. The highest BCUT2D eigenvalue weighted by Gasteiger charge is 2.25. The first-order chi connectivity index (χ1) is 18.8. The van der Waals surface area contributed by atoms with Crippen molar-refractivity contribution in [3.8, 4) is 5.75 Å². The van der Waals surface area contributed by atoms with Gasteiger partial charge in [-0.1, -0.05) is 60.2 Å². The largest absolute Gasteiger partial charge is 0.484 e. The summed E-state index contributed by atoms with van der Waals surface area (Å²) in [5.41, 5.74) is 3.36. The highest BCUT2D eigenvalue weighted by atomic mass is 32.2. The van der Waals surface area contributed by atoms with Gasteiger partial charge in [-0.3, -0.25) is 9.10 Å². The van der Waals surface area contributed by atoms with Gasteiger partial charge in [0.25, 0.3) is 15.9 Å². The summed E-state index contributed by atoms with van der Waals surface area (Å²) in [5, 5.41) is 2.94. The molecule has 1 atom stereocenters. The predicted molar refractivity (Wildman–Crippen MR) is 158 cm³/mol. The van der Waals surface area contributed by atoms with Crippen LogP contribution < -0.4 is 14.4 Å². The van der Waals surface area contributed by atoms with E-state index in [4.69, 9.17) is 4.74 Å². The van der Waals surface area contributed by atoms with Gasteiger partial charge in [-0.2, -0.15) is 0 Å². The van der Waals surface area contributed by atoms with E-state index in [1.54, 1.807) is 60.3 Å². The summed E-state index contributed by atoms with van der Waals surface area (Å²) in [6.45, 7) is 3.87. The SMILES string of the molecule is CSc1ccc([C@@H](C)NC(=O)COc2ccc(N(Cc3ccccc3)S(=O)(=O)c3ccc(C)cc3)cc2)cc1. The molecule has 0 unspecified atom stereocenters. The van der Waals surface area contributed by atoms with Crippen molar-refractivity contribution in [2.75, 3.05) is 17.2 Å². The minimum Gasteiger partial charge on any atom is -0.484 e. The summed E-state index contributed by atoms with van der Waals surface area (Å²) in [6, 6.07) is 30.9. The number of thioether (sulfide) groups is 1. The summed E-state index contributed by atoms with van der Waals surface area (Å²) in [7, 11) is -3.82. The van der Waals surface area contributed by atoms with Gasteiger partial charge in [-0.25, -0.2) is 8.42 Å². The molecule has 1 N–H and O–H groups in total. The van der Waals surface area contributed by atoms with Gasteiger partial charge in [0.2, 0.25) is 0 Å². The summed E-state index contributed by atoms with van der Waals surface area (Å²) < 4.78 is 34.4. The molecule has 0 aliphatic carbocycles. The van der Waals surface area contributed by atoms with E-state index in [1.807, 2.05) is 74.7 Å². The quantitative estimate of drug-likeness (QED) is 0.216. The maximum Gasteiger partial charge on any atom is 0.264 e. The number of nitrogens with zero attached hydrogens (tertiary/aromatic N) is 1. The molecule has 39 heavy (non-hydrogen) atoms. The zero-order chi connectivity index (χ0) is 27.8. The highest BCUT2D eigenvalue weighted by molar-refractivity contribution is 7.98. The van der Waals surface area contributed by atoms with Crippen LogP contribution in [0.1, 0.15) is 29.7 Å². The lowest BCUT2D eigenvalue weighted by Crippen LogP contribution is -2.31. The molecule has 0 aromatic heterocycles. The third kappa shape index (κ3) is 7.43. The van der Waals surface area contributed by atoms with Crippen molar-refractivity contribution in [2.24, 2.45) is 0 Å². The Morgan fingerprint density at radius 3 is 2.15 bits per heavy atom. The van der Waals surface area contributed by atoms with E-state index >= 15 is 0 Å². The average molecular weight is 561 g/mol. The lowest BCUT2D eigenvalue weighted by Gasteiger charge is -2.25. The van der Waals surface area contributed by atoms with E-state index in [0.717, 1.165) is 21.6 Å². The van der Waals surface area contributed by atoms with Crippen LogP contribution in [0, 0.1) is 6.92 Å². The number of sulfonamides is 1. The van der Waals surface area contributed by atoms with Gasteiger partial charge >= 0.3 is 0 Å². The zero-order valence-corrected chi connectivity index (χ0v) is 23.8. The van der Waals surface area contributed by atoms with Crippen LogP contribution in [-0.4, -0.2) is 27.2 Å². The molecule has 0 bridgehead atoms. The van der Waals surface area contributed by atoms with Gasteiger partial charge in [0.05, 0.1) is 23.2 Å². The standard InChI is InChI=1S/C31H32N2O4S2/c1-23-9-19-30(20-10-23)39(35,36)33(21-25-7-5-4-6-8-25)27-13-15-28(16-14-27)37-22-31(34)32-24(2)26-11-17-29(38-3)18-12-26/h4-20,24H,21-22H2,1-3H3,(H,32,34)/t24-/m1/s1. The lowest BCUT2D eigenvalue weighted by molar-refractivity contribution is -0.123. The second kappa shape index (κ2) is 12.9. The van der Waals surface area contributed by atoms with Crippen molar-refractivity contribution < 1.29 is 17.9 Å². The van der Waals surface area contributed by atoms with Crippen LogP contribution in [0.5, 0.6) is 5.75 Å². The number of aryl methyl sites for hydroxylation is 1. The van der Waals surface area contributed by atoms with Crippen LogP contribution >= 0.6 is 11.8 Å². The molecule has 202 valence electrons. The number of anilines is 1. The molecule has 4 aromatic carbocycles. The van der Waals surface area contributed by atoms with E-state index < -0.39 is 10.0 Å². The van der Waals surface area contributed by atoms with Gasteiger partial charge in [-0.05, 0) is 79.8 Å². The minimum atomic E-state index is -3.82. The molecule has 0 radical (unpaired) electrons. The third-order valence-electron chi connectivity index (χ3n) is 6.27. The molecule has 6 nitrogen and oxygen atoms in total. The molecular weight excluding hydrogens is 528 g/mol. The molecule has 0 heterocycles.